The topological polar surface area (TPSA) is 55.2 Å². The molecule has 0 saturated carbocycles. The molecule has 0 heterocycles. The van der Waals surface area contributed by atoms with Gasteiger partial charge in [0.05, 0.1) is 11.3 Å². The first-order chi connectivity index (χ1) is 14.8. The van der Waals surface area contributed by atoms with Crippen molar-refractivity contribution >= 4 is 11.9 Å². The normalized spacial score (nSPS) is 11.6. The molecule has 0 aliphatic heterocycles. The predicted molar refractivity (Wildman–Crippen MR) is 115 cm³/mol. The molecule has 1 N–H and O–H groups in total. The second-order valence-electron chi connectivity index (χ2n) is 6.30. The lowest BCUT2D eigenvalue weighted by Crippen LogP contribution is -2.18. The molecular weight excluding hydrogens is 407 g/mol. The second kappa shape index (κ2) is 10.9. The van der Waals surface area contributed by atoms with Crippen molar-refractivity contribution in [3.8, 4) is 11.8 Å². The molecule has 0 aliphatic carbocycles. The van der Waals surface area contributed by atoms with E-state index >= 15 is 0 Å². The van der Waals surface area contributed by atoms with Crippen molar-refractivity contribution in [2.75, 3.05) is 14.2 Å². The van der Waals surface area contributed by atoms with Gasteiger partial charge in [0.1, 0.15) is 25.6 Å². The Bertz CT molecular complexity index is 1030. The molecule has 0 amide bonds. The molecule has 0 bridgehead atoms. The SMILES string of the molecule is C=C(NC)/C(=N/OC)c1cccc(C)c1CO/N=C/C#Cc1ccc(C(F)(F)F)cc1. The molecule has 31 heavy (non-hydrogen) atoms. The van der Waals surface area contributed by atoms with Crippen LogP contribution in [0.4, 0.5) is 13.2 Å². The highest BCUT2D eigenvalue weighted by molar-refractivity contribution is 6.12. The Morgan fingerprint density at radius 2 is 1.90 bits per heavy atom. The first-order valence-electron chi connectivity index (χ1n) is 9.17. The minimum absolute atomic E-state index is 0.153. The number of allylic oxidation sites excluding steroid dienone is 1. The highest BCUT2D eigenvalue weighted by atomic mass is 19.4. The lowest BCUT2D eigenvalue weighted by molar-refractivity contribution is -0.137. The molecule has 2 aromatic rings. The molecule has 0 fully saturated rings. The van der Waals surface area contributed by atoms with Crippen LogP contribution in [0.5, 0.6) is 0 Å². The number of benzene rings is 2. The number of likely N-dealkylation sites (N-methyl/N-ethyl adjacent to an activating group) is 1. The van der Waals surface area contributed by atoms with Crippen LogP contribution < -0.4 is 5.32 Å². The Morgan fingerprint density at radius 3 is 2.52 bits per heavy atom. The van der Waals surface area contributed by atoms with Crippen LogP contribution in [0.15, 0.2) is 65.1 Å². The molecule has 2 rings (SSSR count). The number of alkyl halides is 3. The van der Waals surface area contributed by atoms with Crippen molar-refractivity contribution in [3.05, 3.63) is 82.6 Å². The molecule has 0 spiro atoms. The first kappa shape index (κ1) is 23.5. The van der Waals surface area contributed by atoms with Crippen LogP contribution in [-0.2, 0) is 22.5 Å². The zero-order valence-corrected chi connectivity index (χ0v) is 17.4. The van der Waals surface area contributed by atoms with Crippen molar-refractivity contribution < 1.29 is 22.8 Å². The second-order valence-corrected chi connectivity index (χ2v) is 6.30. The van der Waals surface area contributed by atoms with Gasteiger partial charge in [0.25, 0.3) is 0 Å². The third-order valence-electron chi connectivity index (χ3n) is 4.26. The molecule has 162 valence electrons. The summed E-state index contributed by atoms with van der Waals surface area (Å²) in [4.78, 5) is 10.3. The van der Waals surface area contributed by atoms with Gasteiger partial charge >= 0.3 is 6.18 Å². The van der Waals surface area contributed by atoms with Gasteiger partial charge in [-0.25, -0.2) is 0 Å². The van der Waals surface area contributed by atoms with E-state index in [1.54, 1.807) is 7.05 Å². The zero-order valence-electron chi connectivity index (χ0n) is 17.4. The number of hydrogen-bond donors (Lipinski definition) is 1. The smallest absolute Gasteiger partial charge is 0.399 e. The molecule has 0 atom stereocenters. The van der Waals surface area contributed by atoms with Gasteiger partial charge in [-0.3, -0.25) is 0 Å². The average molecular weight is 429 g/mol. The molecule has 8 heteroatoms. The summed E-state index contributed by atoms with van der Waals surface area (Å²) in [7, 11) is 3.19. The number of nitrogens with zero attached hydrogens (tertiary/aromatic N) is 2. The maximum Gasteiger partial charge on any atom is 0.416 e. The van der Waals surface area contributed by atoms with E-state index in [4.69, 9.17) is 9.68 Å². The van der Waals surface area contributed by atoms with Crippen LogP contribution >= 0.6 is 0 Å². The maximum absolute atomic E-state index is 12.6. The summed E-state index contributed by atoms with van der Waals surface area (Å²) in [6.07, 6.45) is -3.13. The van der Waals surface area contributed by atoms with Crippen molar-refractivity contribution in [2.24, 2.45) is 10.3 Å². The number of aryl methyl sites for hydroxylation is 1. The van der Waals surface area contributed by atoms with Crippen molar-refractivity contribution in [2.45, 2.75) is 19.7 Å². The molecule has 0 saturated heterocycles. The van der Waals surface area contributed by atoms with E-state index in [-0.39, 0.29) is 6.61 Å². The number of halogens is 3. The maximum atomic E-state index is 12.6. The van der Waals surface area contributed by atoms with E-state index in [0.717, 1.165) is 28.8 Å². The molecule has 0 aromatic heterocycles. The minimum atomic E-state index is -4.37. The van der Waals surface area contributed by atoms with Crippen LogP contribution in [0, 0.1) is 18.8 Å². The zero-order chi connectivity index (χ0) is 22.9. The molecule has 0 aliphatic rings. The van der Waals surface area contributed by atoms with Gasteiger partial charge < -0.3 is 15.0 Å². The summed E-state index contributed by atoms with van der Waals surface area (Å²) in [6, 6.07) is 10.3. The molecule has 0 radical (unpaired) electrons. The number of oxime groups is 2. The lowest BCUT2D eigenvalue weighted by Gasteiger charge is -2.14. The standard InChI is InChI=1S/C23H22F3N3O2/c1-16-7-5-9-20(22(29-30-4)17(2)27-3)21(16)15-31-28-14-6-8-18-10-12-19(13-11-18)23(24,25)26/h5,7,9-14,27H,2,15H2,1,3-4H3/b28-14+,29-22-. The Morgan fingerprint density at radius 1 is 1.19 bits per heavy atom. The summed E-state index contributed by atoms with van der Waals surface area (Å²) < 4.78 is 37.7. The van der Waals surface area contributed by atoms with E-state index < -0.39 is 11.7 Å². The van der Waals surface area contributed by atoms with Gasteiger partial charge in [0, 0.05) is 23.7 Å². The van der Waals surface area contributed by atoms with Crippen LogP contribution in [0.3, 0.4) is 0 Å². The van der Waals surface area contributed by atoms with Crippen molar-refractivity contribution in [3.63, 3.8) is 0 Å². The summed E-state index contributed by atoms with van der Waals surface area (Å²) in [5.41, 5.74) is 3.44. The largest absolute Gasteiger partial charge is 0.416 e. The fraction of sp³-hybridized carbons (Fsp3) is 0.217. The fourth-order valence-corrected chi connectivity index (χ4v) is 2.62. The monoisotopic (exact) mass is 429 g/mol. The van der Waals surface area contributed by atoms with Crippen molar-refractivity contribution in [1.29, 1.82) is 0 Å². The molecular formula is C23H22F3N3O2. The average Bonchev–Trinajstić information content (AvgIpc) is 2.74. The summed E-state index contributed by atoms with van der Waals surface area (Å²) in [5.74, 6) is 5.33. The van der Waals surface area contributed by atoms with Gasteiger partial charge in [0.15, 0.2) is 0 Å². The van der Waals surface area contributed by atoms with E-state index in [1.807, 2.05) is 25.1 Å². The molecule has 2 aromatic carbocycles. The summed E-state index contributed by atoms with van der Waals surface area (Å²) >= 11 is 0. The van der Waals surface area contributed by atoms with Gasteiger partial charge in [-0.05, 0) is 42.7 Å². The Hall–Kier alpha value is -3.73. The van der Waals surface area contributed by atoms with E-state index in [1.165, 1.54) is 25.5 Å². The summed E-state index contributed by atoms with van der Waals surface area (Å²) in [5, 5.41) is 10.8. The van der Waals surface area contributed by atoms with E-state index in [2.05, 4.69) is 34.0 Å². The molecule has 0 unspecified atom stereocenters. The number of rotatable bonds is 7. The quantitative estimate of drug-likeness (QED) is 0.396. The fourth-order valence-electron chi connectivity index (χ4n) is 2.62. The Balaban J connectivity index is 2.08. The highest BCUT2D eigenvalue weighted by Crippen LogP contribution is 2.28. The van der Waals surface area contributed by atoms with Gasteiger partial charge in [0.2, 0.25) is 0 Å². The third-order valence-corrected chi connectivity index (χ3v) is 4.26. The van der Waals surface area contributed by atoms with E-state index in [9.17, 15) is 13.2 Å². The van der Waals surface area contributed by atoms with E-state index in [0.29, 0.717) is 17.0 Å². The number of hydrogen-bond acceptors (Lipinski definition) is 5. The predicted octanol–water partition coefficient (Wildman–Crippen LogP) is 4.65. The van der Waals surface area contributed by atoms with Crippen molar-refractivity contribution in [1.82, 2.24) is 5.32 Å². The third kappa shape index (κ3) is 6.64. The van der Waals surface area contributed by atoms with Crippen LogP contribution in [-0.4, -0.2) is 26.1 Å². The van der Waals surface area contributed by atoms with Crippen LogP contribution in [0.2, 0.25) is 0 Å². The Kier molecular flexibility index (Phi) is 8.26. The van der Waals surface area contributed by atoms with Gasteiger partial charge in [-0.15, -0.1) is 0 Å². The van der Waals surface area contributed by atoms with Crippen LogP contribution in [0.25, 0.3) is 0 Å². The lowest BCUT2D eigenvalue weighted by atomic mass is 9.97. The first-order valence-corrected chi connectivity index (χ1v) is 9.17. The van der Waals surface area contributed by atoms with Gasteiger partial charge in [-0.1, -0.05) is 41.0 Å². The minimum Gasteiger partial charge on any atom is -0.399 e. The summed E-state index contributed by atoms with van der Waals surface area (Å²) in [6.45, 7) is 6.02. The molecule has 5 nitrogen and oxygen atoms in total. The Labute approximate surface area is 179 Å². The number of nitrogens with one attached hydrogen (secondary N) is 1. The highest BCUT2D eigenvalue weighted by Gasteiger charge is 2.29. The van der Waals surface area contributed by atoms with Gasteiger partial charge in [-0.2, -0.15) is 13.2 Å². The van der Waals surface area contributed by atoms with Crippen LogP contribution in [0.1, 0.15) is 27.8 Å².